The van der Waals surface area contributed by atoms with Gasteiger partial charge in [0.05, 0.1) is 25.4 Å². The maximum Gasteiger partial charge on any atom is 0.305 e. The first-order valence-electron chi connectivity index (χ1n) is 31.9. The van der Waals surface area contributed by atoms with E-state index in [4.69, 9.17) is 4.74 Å². The van der Waals surface area contributed by atoms with Gasteiger partial charge in [0.15, 0.2) is 0 Å². The summed E-state index contributed by atoms with van der Waals surface area (Å²) in [6, 6.07) is -0.637. The highest BCUT2D eigenvalue weighted by Gasteiger charge is 2.18. The number of aliphatic hydroxyl groups excluding tert-OH is 2. The van der Waals surface area contributed by atoms with Crippen molar-refractivity contribution >= 4 is 11.9 Å². The van der Waals surface area contributed by atoms with Gasteiger partial charge in [0.1, 0.15) is 0 Å². The van der Waals surface area contributed by atoms with Gasteiger partial charge in [-0.15, -0.1) is 0 Å². The fourth-order valence-electron chi connectivity index (χ4n) is 9.68. The molecule has 0 heterocycles. The van der Waals surface area contributed by atoms with E-state index in [1.807, 2.05) is 6.08 Å². The fourth-order valence-corrected chi connectivity index (χ4v) is 9.68. The lowest BCUT2D eigenvalue weighted by Crippen LogP contribution is -2.45. The normalized spacial score (nSPS) is 12.9. The summed E-state index contributed by atoms with van der Waals surface area (Å²) >= 11 is 0. The van der Waals surface area contributed by atoms with E-state index in [1.54, 1.807) is 6.08 Å². The Morgan fingerprint density at radius 1 is 0.389 bits per heavy atom. The summed E-state index contributed by atoms with van der Waals surface area (Å²) in [7, 11) is 0. The quantitative estimate of drug-likeness (QED) is 0.0244. The monoisotopic (exact) mass is 1010 g/mol. The number of ether oxygens (including phenoxy) is 1. The van der Waals surface area contributed by atoms with E-state index in [-0.39, 0.29) is 18.5 Å². The van der Waals surface area contributed by atoms with Crippen molar-refractivity contribution in [2.45, 2.75) is 347 Å². The van der Waals surface area contributed by atoms with Crippen LogP contribution < -0.4 is 5.32 Å². The molecule has 0 spiro atoms. The van der Waals surface area contributed by atoms with E-state index < -0.39 is 12.1 Å². The van der Waals surface area contributed by atoms with E-state index >= 15 is 0 Å². The van der Waals surface area contributed by atoms with Gasteiger partial charge in [-0.05, 0) is 89.9 Å². The highest BCUT2D eigenvalue weighted by molar-refractivity contribution is 5.76. The molecule has 2 atom stereocenters. The zero-order chi connectivity index (χ0) is 52.2. The minimum Gasteiger partial charge on any atom is -0.466 e. The Kier molecular flexibility index (Phi) is 59.5. The molecule has 0 radical (unpaired) electrons. The number of amides is 1. The first-order chi connectivity index (χ1) is 35.5. The van der Waals surface area contributed by atoms with Gasteiger partial charge in [0, 0.05) is 12.8 Å². The molecule has 0 aromatic heterocycles. The van der Waals surface area contributed by atoms with Crippen LogP contribution in [0.2, 0.25) is 0 Å². The number of aliphatic hydroxyl groups is 2. The summed E-state index contributed by atoms with van der Waals surface area (Å²) < 4.78 is 5.47. The largest absolute Gasteiger partial charge is 0.466 e. The van der Waals surface area contributed by atoms with E-state index in [0.717, 1.165) is 77.0 Å². The van der Waals surface area contributed by atoms with Crippen molar-refractivity contribution in [1.29, 1.82) is 0 Å². The third-order valence-corrected chi connectivity index (χ3v) is 14.6. The molecule has 0 saturated heterocycles. The Bertz CT molecular complexity index is 1210. The Hall–Kier alpha value is -2.18. The number of rotatable bonds is 59. The molecule has 0 aliphatic carbocycles. The van der Waals surface area contributed by atoms with Crippen molar-refractivity contribution in [3.63, 3.8) is 0 Å². The number of carbonyl (C=O) groups is 2. The minimum atomic E-state index is -0.853. The van der Waals surface area contributed by atoms with Gasteiger partial charge in [-0.2, -0.15) is 0 Å². The molecule has 6 nitrogen and oxygen atoms in total. The van der Waals surface area contributed by atoms with Crippen molar-refractivity contribution in [2.24, 2.45) is 0 Å². The molecule has 2 unspecified atom stereocenters. The Morgan fingerprint density at radius 3 is 1.07 bits per heavy atom. The van der Waals surface area contributed by atoms with Crippen LogP contribution in [-0.4, -0.2) is 47.4 Å². The van der Waals surface area contributed by atoms with Gasteiger partial charge in [0.25, 0.3) is 0 Å². The summed E-state index contributed by atoms with van der Waals surface area (Å²) in [4.78, 5) is 24.6. The number of nitrogens with one attached hydrogen (secondary N) is 1. The standard InChI is InChI=1S/C66H123NO5/c1-3-5-7-9-11-13-15-17-19-21-26-30-34-38-42-46-50-54-58-64(69)63(62-68)67-65(70)59-55-51-47-43-39-35-31-27-24-23-25-29-33-37-41-45-49-53-57-61-72-66(71)60-56-52-48-44-40-36-32-28-22-20-18-16-14-12-10-8-6-4-2/h20,22,29,33,37,41,54,58,63-64,68-69H,3-19,21,23-28,30-32,34-36,38-40,42-53,55-57,59-62H2,1-2H3,(H,67,70)/b22-20-,33-29-,41-37-,58-54+. The van der Waals surface area contributed by atoms with Crippen LogP contribution in [0.5, 0.6) is 0 Å². The van der Waals surface area contributed by atoms with Crippen molar-refractivity contribution in [2.75, 3.05) is 13.2 Å². The predicted molar refractivity (Wildman–Crippen MR) is 315 cm³/mol. The second-order valence-corrected chi connectivity index (χ2v) is 21.8. The Balaban J connectivity index is 3.50. The van der Waals surface area contributed by atoms with Gasteiger partial charge in [-0.25, -0.2) is 0 Å². The van der Waals surface area contributed by atoms with Gasteiger partial charge in [0.2, 0.25) is 5.91 Å². The van der Waals surface area contributed by atoms with Crippen LogP contribution in [0.1, 0.15) is 335 Å². The molecule has 0 aliphatic rings. The van der Waals surface area contributed by atoms with Crippen LogP contribution in [0.15, 0.2) is 48.6 Å². The molecule has 0 aromatic rings. The van der Waals surface area contributed by atoms with Gasteiger partial charge in [-0.1, -0.05) is 281 Å². The molecular formula is C66H123NO5. The number of esters is 1. The number of hydrogen-bond donors (Lipinski definition) is 3. The SMILES string of the molecule is CCCCCCCCC/C=C\CCCCCCCCCC(=O)OCCCCC/C=C\C=C/CCCCCCCCCCCCC(=O)NC(CO)C(O)/C=C/CCCCCCCCCCCCCCCCCC. The molecule has 422 valence electrons. The third kappa shape index (κ3) is 57.1. The van der Waals surface area contributed by atoms with Crippen molar-refractivity contribution < 1.29 is 24.5 Å². The van der Waals surface area contributed by atoms with Crippen molar-refractivity contribution in [1.82, 2.24) is 5.32 Å². The summed E-state index contributed by atoms with van der Waals surface area (Å²) in [5, 5.41) is 23.2. The van der Waals surface area contributed by atoms with Crippen molar-refractivity contribution in [3.8, 4) is 0 Å². The van der Waals surface area contributed by atoms with Crippen LogP contribution >= 0.6 is 0 Å². The molecule has 0 aliphatic heterocycles. The second-order valence-electron chi connectivity index (χ2n) is 21.8. The van der Waals surface area contributed by atoms with Crippen LogP contribution in [0.3, 0.4) is 0 Å². The molecule has 0 fully saturated rings. The number of allylic oxidation sites excluding steroid dienone is 7. The highest BCUT2D eigenvalue weighted by Crippen LogP contribution is 2.17. The lowest BCUT2D eigenvalue weighted by molar-refractivity contribution is -0.143. The number of carbonyl (C=O) groups excluding carboxylic acids is 2. The molecule has 3 N–H and O–H groups in total. The van der Waals surface area contributed by atoms with E-state index in [1.165, 1.54) is 231 Å². The van der Waals surface area contributed by atoms with Crippen LogP contribution in [0, 0.1) is 0 Å². The molecule has 1 amide bonds. The van der Waals surface area contributed by atoms with Gasteiger partial charge in [-0.3, -0.25) is 9.59 Å². The van der Waals surface area contributed by atoms with E-state index in [2.05, 4.69) is 55.6 Å². The predicted octanol–water partition coefficient (Wildman–Crippen LogP) is 20.1. The van der Waals surface area contributed by atoms with E-state index in [9.17, 15) is 19.8 Å². The molecular weight excluding hydrogens is 887 g/mol. The summed E-state index contributed by atoms with van der Waals surface area (Å²) in [5.41, 5.74) is 0. The van der Waals surface area contributed by atoms with Gasteiger partial charge < -0.3 is 20.3 Å². The molecule has 0 aromatic carbocycles. The third-order valence-electron chi connectivity index (χ3n) is 14.6. The maximum atomic E-state index is 12.5. The van der Waals surface area contributed by atoms with E-state index in [0.29, 0.717) is 19.4 Å². The zero-order valence-electron chi connectivity index (χ0n) is 48.2. The smallest absolute Gasteiger partial charge is 0.305 e. The summed E-state index contributed by atoms with van der Waals surface area (Å²) in [6.45, 7) is 4.88. The van der Waals surface area contributed by atoms with Crippen LogP contribution in [-0.2, 0) is 14.3 Å². The average molecular weight is 1010 g/mol. The van der Waals surface area contributed by atoms with Crippen LogP contribution in [0.25, 0.3) is 0 Å². The lowest BCUT2D eigenvalue weighted by atomic mass is 10.0. The molecule has 0 saturated carbocycles. The zero-order valence-corrected chi connectivity index (χ0v) is 48.2. The van der Waals surface area contributed by atoms with Crippen molar-refractivity contribution in [3.05, 3.63) is 48.6 Å². The van der Waals surface area contributed by atoms with Crippen LogP contribution in [0.4, 0.5) is 0 Å². The Morgan fingerprint density at radius 2 is 0.694 bits per heavy atom. The average Bonchev–Trinajstić information content (AvgIpc) is 3.38. The molecule has 0 bridgehead atoms. The molecule has 0 rings (SSSR count). The Labute approximate surface area is 448 Å². The molecule has 72 heavy (non-hydrogen) atoms. The number of unbranched alkanes of at least 4 members (excludes halogenated alkanes) is 43. The first kappa shape index (κ1) is 69.8. The minimum absolute atomic E-state index is 0.0170. The summed E-state index contributed by atoms with van der Waals surface area (Å²) in [5.74, 6) is -0.0935. The summed E-state index contributed by atoms with van der Waals surface area (Å²) in [6.07, 6.45) is 78.7. The maximum absolute atomic E-state index is 12.5. The fraction of sp³-hybridized carbons (Fsp3) is 0.848. The highest BCUT2D eigenvalue weighted by atomic mass is 16.5. The lowest BCUT2D eigenvalue weighted by Gasteiger charge is -2.20. The number of hydrogen-bond acceptors (Lipinski definition) is 5. The topological polar surface area (TPSA) is 95.9 Å². The second kappa shape index (κ2) is 61.4. The molecule has 6 heteroatoms. The first-order valence-corrected chi connectivity index (χ1v) is 31.9. The van der Waals surface area contributed by atoms with Gasteiger partial charge >= 0.3 is 5.97 Å².